The fraction of sp³-hybridized carbons (Fsp3) is 0.929. The third-order valence-electron chi connectivity index (χ3n) is 4.02. The SMILES string of the molecule is CCOC(=O)C1CCC(NC2CSC(C)C2)CC1. The number of thioether (sulfide) groups is 1. The van der Waals surface area contributed by atoms with Crippen molar-refractivity contribution in [3.05, 3.63) is 0 Å². The van der Waals surface area contributed by atoms with Crippen LogP contribution in [0.4, 0.5) is 0 Å². The molecule has 0 spiro atoms. The van der Waals surface area contributed by atoms with Crippen LogP contribution in [0.25, 0.3) is 0 Å². The Labute approximate surface area is 114 Å². The van der Waals surface area contributed by atoms with Crippen LogP contribution in [0.15, 0.2) is 0 Å². The van der Waals surface area contributed by atoms with E-state index >= 15 is 0 Å². The van der Waals surface area contributed by atoms with Gasteiger partial charge in [0.1, 0.15) is 0 Å². The highest BCUT2D eigenvalue weighted by Gasteiger charge is 2.30. The molecular formula is C14H25NO2S. The van der Waals surface area contributed by atoms with Crippen LogP contribution in [0.5, 0.6) is 0 Å². The first-order chi connectivity index (χ1) is 8.69. The summed E-state index contributed by atoms with van der Waals surface area (Å²) in [5.41, 5.74) is 0. The van der Waals surface area contributed by atoms with E-state index in [0.29, 0.717) is 18.7 Å². The Morgan fingerprint density at radius 1 is 1.28 bits per heavy atom. The first kappa shape index (κ1) is 14.2. The quantitative estimate of drug-likeness (QED) is 0.798. The summed E-state index contributed by atoms with van der Waals surface area (Å²) in [4.78, 5) is 11.6. The Hall–Kier alpha value is -0.220. The third kappa shape index (κ3) is 3.89. The Balaban J connectivity index is 1.68. The zero-order chi connectivity index (χ0) is 13.0. The van der Waals surface area contributed by atoms with Gasteiger partial charge in [0.15, 0.2) is 0 Å². The average Bonchev–Trinajstić information content (AvgIpc) is 2.76. The van der Waals surface area contributed by atoms with E-state index in [4.69, 9.17) is 4.74 Å². The number of rotatable bonds is 4. The van der Waals surface area contributed by atoms with Gasteiger partial charge in [-0.05, 0) is 39.0 Å². The molecule has 2 unspecified atom stereocenters. The maximum Gasteiger partial charge on any atom is 0.308 e. The molecule has 1 heterocycles. The van der Waals surface area contributed by atoms with E-state index in [1.807, 2.05) is 6.92 Å². The standard InChI is InChI=1S/C14H25NO2S/c1-3-17-14(16)11-4-6-12(7-5-11)15-13-8-10(2)18-9-13/h10-13,15H,3-9H2,1-2H3. The largest absolute Gasteiger partial charge is 0.466 e. The summed E-state index contributed by atoms with van der Waals surface area (Å²) < 4.78 is 5.10. The van der Waals surface area contributed by atoms with E-state index in [0.717, 1.165) is 30.9 Å². The Bertz CT molecular complexity index is 277. The molecule has 0 aromatic rings. The maximum atomic E-state index is 11.6. The van der Waals surface area contributed by atoms with Gasteiger partial charge in [-0.3, -0.25) is 4.79 Å². The van der Waals surface area contributed by atoms with E-state index in [2.05, 4.69) is 24.0 Å². The predicted octanol–water partition coefficient (Wildman–Crippen LogP) is 2.59. The molecule has 2 atom stereocenters. The molecule has 2 fully saturated rings. The van der Waals surface area contributed by atoms with Gasteiger partial charge in [0.2, 0.25) is 0 Å². The van der Waals surface area contributed by atoms with Crippen molar-refractivity contribution in [3.8, 4) is 0 Å². The molecular weight excluding hydrogens is 246 g/mol. The van der Waals surface area contributed by atoms with Crippen molar-refractivity contribution in [3.63, 3.8) is 0 Å². The van der Waals surface area contributed by atoms with E-state index in [9.17, 15) is 4.79 Å². The molecule has 0 bridgehead atoms. The van der Waals surface area contributed by atoms with E-state index in [-0.39, 0.29) is 11.9 Å². The van der Waals surface area contributed by atoms with E-state index in [1.54, 1.807) is 0 Å². The van der Waals surface area contributed by atoms with Gasteiger partial charge >= 0.3 is 5.97 Å². The second-order valence-corrected chi connectivity index (χ2v) is 7.02. The lowest BCUT2D eigenvalue weighted by Crippen LogP contribution is -2.41. The van der Waals surface area contributed by atoms with Crippen molar-refractivity contribution in [1.29, 1.82) is 0 Å². The van der Waals surface area contributed by atoms with Crippen molar-refractivity contribution in [2.75, 3.05) is 12.4 Å². The van der Waals surface area contributed by atoms with Gasteiger partial charge in [-0.25, -0.2) is 0 Å². The van der Waals surface area contributed by atoms with Crippen molar-refractivity contribution in [2.45, 2.75) is 63.3 Å². The predicted molar refractivity (Wildman–Crippen MR) is 75.8 cm³/mol. The van der Waals surface area contributed by atoms with Crippen LogP contribution in [0.1, 0.15) is 46.0 Å². The summed E-state index contributed by atoms with van der Waals surface area (Å²) in [5, 5.41) is 4.57. The summed E-state index contributed by atoms with van der Waals surface area (Å²) in [6, 6.07) is 1.31. The molecule has 1 saturated carbocycles. The van der Waals surface area contributed by atoms with Crippen LogP contribution < -0.4 is 5.32 Å². The molecule has 1 aliphatic heterocycles. The minimum atomic E-state index is 0.0148. The van der Waals surface area contributed by atoms with E-state index in [1.165, 1.54) is 12.2 Å². The molecule has 0 radical (unpaired) electrons. The molecule has 1 aliphatic carbocycles. The number of hydrogen-bond donors (Lipinski definition) is 1. The highest BCUT2D eigenvalue weighted by Crippen LogP contribution is 2.29. The highest BCUT2D eigenvalue weighted by atomic mass is 32.2. The van der Waals surface area contributed by atoms with Gasteiger partial charge in [0, 0.05) is 23.1 Å². The zero-order valence-corrected chi connectivity index (χ0v) is 12.3. The van der Waals surface area contributed by atoms with Crippen LogP contribution in [0, 0.1) is 5.92 Å². The Kier molecular flexibility index (Phi) is 5.37. The number of nitrogens with one attached hydrogen (secondary N) is 1. The van der Waals surface area contributed by atoms with Crippen molar-refractivity contribution in [2.24, 2.45) is 5.92 Å². The van der Waals surface area contributed by atoms with Gasteiger partial charge in [0.05, 0.1) is 12.5 Å². The normalized spacial score (nSPS) is 36.6. The topological polar surface area (TPSA) is 38.3 Å². The van der Waals surface area contributed by atoms with Crippen LogP contribution in [-0.4, -0.2) is 35.7 Å². The molecule has 2 rings (SSSR count). The molecule has 0 amide bonds. The smallest absolute Gasteiger partial charge is 0.308 e. The van der Waals surface area contributed by atoms with Crippen molar-refractivity contribution >= 4 is 17.7 Å². The summed E-state index contributed by atoms with van der Waals surface area (Å²) in [6.07, 6.45) is 5.53. The van der Waals surface area contributed by atoms with Crippen molar-refractivity contribution < 1.29 is 9.53 Å². The number of esters is 1. The van der Waals surface area contributed by atoms with Crippen LogP contribution in [-0.2, 0) is 9.53 Å². The minimum absolute atomic E-state index is 0.0148. The highest BCUT2D eigenvalue weighted by molar-refractivity contribution is 8.00. The van der Waals surface area contributed by atoms with Crippen LogP contribution in [0.3, 0.4) is 0 Å². The van der Waals surface area contributed by atoms with Gasteiger partial charge in [-0.2, -0.15) is 11.8 Å². The summed E-state index contributed by atoms with van der Waals surface area (Å²) in [6.45, 7) is 4.70. The Morgan fingerprint density at radius 2 is 2.00 bits per heavy atom. The third-order valence-corrected chi connectivity index (χ3v) is 5.37. The number of carbonyl (C=O) groups excluding carboxylic acids is 1. The second-order valence-electron chi connectivity index (χ2n) is 5.54. The number of ether oxygens (including phenoxy) is 1. The van der Waals surface area contributed by atoms with Gasteiger partial charge < -0.3 is 10.1 Å². The fourth-order valence-electron chi connectivity index (χ4n) is 3.02. The second kappa shape index (κ2) is 6.80. The lowest BCUT2D eigenvalue weighted by atomic mass is 9.85. The fourth-order valence-corrected chi connectivity index (χ4v) is 4.18. The molecule has 1 saturated heterocycles. The van der Waals surface area contributed by atoms with Gasteiger partial charge in [-0.1, -0.05) is 6.92 Å². The number of hydrogen-bond acceptors (Lipinski definition) is 4. The van der Waals surface area contributed by atoms with Crippen LogP contribution in [0.2, 0.25) is 0 Å². The molecule has 4 heteroatoms. The van der Waals surface area contributed by atoms with Crippen molar-refractivity contribution in [1.82, 2.24) is 5.32 Å². The first-order valence-corrected chi connectivity index (χ1v) is 8.28. The monoisotopic (exact) mass is 271 g/mol. The lowest BCUT2D eigenvalue weighted by Gasteiger charge is -2.30. The summed E-state index contributed by atoms with van der Waals surface area (Å²) >= 11 is 2.07. The minimum Gasteiger partial charge on any atom is -0.466 e. The molecule has 3 nitrogen and oxygen atoms in total. The average molecular weight is 271 g/mol. The summed E-state index contributed by atoms with van der Waals surface area (Å²) in [7, 11) is 0. The summed E-state index contributed by atoms with van der Waals surface area (Å²) in [5.74, 6) is 1.42. The molecule has 2 aliphatic rings. The zero-order valence-electron chi connectivity index (χ0n) is 11.5. The molecule has 0 aromatic heterocycles. The molecule has 0 aromatic carbocycles. The van der Waals surface area contributed by atoms with Gasteiger partial charge in [-0.15, -0.1) is 0 Å². The van der Waals surface area contributed by atoms with Gasteiger partial charge in [0.25, 0.3) is 0 Å². The maximum absolute atomic E-state index is 11.6. The van der Waals surface area contributed by atoms with E-state index < -0.39 is 0 Å². The molecule has 1 N–H and O–H groups in total. The van der Waals surface area contributed by atoms with Crippen LogP contribution >= 0.6 is 11.8 Å². The first-order valence-electron chi connectivity index (χ1n) is 7.23. The molecule has 18 heavy (non-hydrogen) atoms. The molecule has 104 valence electrons. The Morgan fingerprint density at radius 3 is 2.56 bits per heavy atom. The number of carbonyl (C=O) groups is 1. The lowest BCUT2D eigenvalue weighted by molar-refractivity contribution is -0.149.